The zero-order chi connectivity index (χ0) is 21.0. The van der Waals surface area contributed by atoms with E-state index in [1.54, 1.807) is 29.2 Å². The van der Waals surface area contributed by atoms with Gasteiger partial charge in [-0.2, -0.15) is 0 Å². The number of amides is 3. The molecule has 0 spiro atoms. The average molecular weight is 418 g/mol. The number of ether oxygens (including phenoxy) is 1. The molecule has 3 amide bonds. The third kappa shape index (κ3) is 5.17. The van der Waals surface area contributed by atoms with Crippen molar-refractivity contribution >= 4 is 40.9 Å². The number of carbonyl (C=O) groups is 4. The van der Waals surface area contributed by atoms with Crippen LogP contribution in [0, 0.1) is 5.92 Å². The van der Waals surface area contributed by atoms with Crippen LogP contribution in [0.2, 0.25) is 0 Å². The second kappa shape index (κ2) is 9.13. The van der Waals surface area contributed by atoms with Crippen LogP contribution < -0.4 is 4.74 Å². The summed E-state index contributed by atoms with van der Waals surface area (Å²) in [4.78, 5) is 51.0. The van der Waals surface area contributed by atoms with Gasteiger partial charge in [-0.1, -0.05) is 25.1 Å². The Kier molecular flexibility index (Phi) is 6.58. The molecule has 1 aromatic carbocycles. The molecule has 2 saturated heterocycles. The van der Waals surface area contributed by atoms with E-state index in [1.807, 2.05) is 0 Å². The number of likely N-dealkylation sites (tertiary alicyclic amines) is 1. The first-order chi connectivity index (χ1) is 13.8. The molecule has 9 heteroatoms. The molecule has 0 unspecified atom stereocenters. The van der Waals surface area contributed by atoms with Crippen molar-refractivity contribution in [3.05, 3.63) is 34.7 Å². The van der Waals surface area contributed by atoms with E-state index in [0.29, 0.717) is 30.3 Å². The first-order valence-corrected chi connectivity index (χ1v) is 10.1. The Bertz CT molecular complexity index is 860. The molecule has 8 nitrogen and oxygen atoms in total. The first-order valence-electron chi connectivity index (χ1n) is 9.32. The fourth-order valence-electron chi connectivity index (χ4n) is 3.14. The van der Waals surface area contributed by atoms with Gasteiger partial charge in [-0.3, -0.25) is 19.3 Å². The summed E-state index contributed by atoms with van der Waals surface area (Å²) in [6.45, 7) is 2.63. The van der Waals surface area contributed by atoms with Crippen LogP contribution in [0.4, 0.5) is 4.79 Å². The van der Waals surface area contributed by atoms with Crippen molar-refractivity contribution in [2.45, 2.75) is 19.8 Å². The van der Waals surface area contributed by atoms with Crippen LogP contribution in [-0.4, -0.2) is 64.2 Å². The monoisotopic (exact) mass is 418 g/mol. The van der Waals surface area contributed by atoms with E-state index < -0.39 is 23.7 Å². The predicted octanol–water partition coefficient (Wildman–Crippen LogP) is 2.44. The molecule has 154 valence electrons. The van der Waals surface area contributed by atoms with Gasteiger partial charge >= 0.3 is 5.97 Å². The summed E-state index contributed by atoms with van der Waals surface area (Å²) in [5.74, 6) is -1.02. The van der Waals surface area contributed by atoms with E-state index in [-0.39, 0.29) is 17.4 Å². The number of para-hydroxylation sites is 1. The Morgan fingerprint density at radius 1 is 1.24 bits per heavy atom. The molecule has 0 aliphatic carbocycles. The van der Waals surface area contributed by atoms with Crippen LogP contribution in [0.25, 0.3) is 6.08 Å². The van der Waals surface area contributed by atoms with Crippen LogP contribution in [0.3, 0.4) is 0 Å². The van der Waals surface area contributed by atoms with Crippen molar-refractivity contribution in [3.63, 3.8) is 0 Å². The minimum atomic E-state index is -1.12. The van der Waals surface area contributed by atoms with Gasteiger partial charge in [0, 0.05) is 18.7 Å². The van der Waals surface area contributed by atoms with Crippen LogP contribution in [0.5, 0.6) is 5.75 Å². The van der Waals surface area contributed by atoms with Crippen LogP contribution in [0.15, 0.2) is 29.2 Å². The van der Waals surface area contributed by atoms with Gasteiger partial charge in [-0.25, -0.2) is 4.79 Å². The molecule has 29 heavy (non-hydrogen) atoms. The molecule has 0 aromatic heterocycles. The zero-order valence-corrected chi connectivity index (χ0v) is 16.8. The van der Waals surface area contributed by atoms with Gasteiger partial charge in [0.2, 0.25) is 5.91 Å². The van der Waals surface area contributed by atoms with Gasteiger partial charge in [0.1, 0.15) is 12.3 Å². The summed E-state index contributed by atoms with van der Waals surface area (Å²) in [6, 6.07) is 6.63. The number of carbonyl (C=O) groups excluding carboxylic acids is 3. The minimum absolute atomic E-state index is 0.168. The molecule has 2 aliphatic rings. The lowest BCUT2D eigenvalue weighted by molar-refractivity contribution is -0.139. The molecule has 1 N–H and O–H groups in total. The van der Waals surface area contributed by atoms with E-state index in [1.165, 1.54) is 6.08 Å². The Morgan fingerprint density at radius 2 is 1.93 bits per heavy atom. The number of hydrogen-bond donors (Lipinski definition) is 1. The third-order valence-corrected chi connectivity index (χ3v) is 5.77. The zero-order valence-electron chi connectivity index (χ0n) is 16.0. The average Bonchev–Trinajstić information content (AvgIpc) is 2.95. The molecular weight excluding hydrogens is 396 g/mol. The lowest BCUT2D eigenvalue weighted by atomic mass is 9.99. The lowest BCUT2D eigenvalue weighted by Gasteiger charge is -2.31. The number of carboxylic acids is 1. The van der Waals surface area contributed by atoms with Crippen LogP contribution in [-0.2, 0) is 14.4 Å². The second-order valence-electron chi connectivity index (χ2n) is 7.05. The molecule has 3 rings (SSSR count). The fraction of sp³-hybridized carbons (Fsp3) is 0.400. The van der Waals surface area contributed by atoms with Gasteiger partial charge in [0.25, 0.3) is 11.1 Å². The molecule has 0 bridgehead atoms. The summed E-state index contributed by atoms with van der Waals surface area (Å²) < 4.78 is 5.23. The van der Waals surface area contributed by atoms with E-state index in [0.717, 1.165) is 29.5 Å². The largest absolute Gasteiger partial charge is 0.481 e. The fourth-order valence-corrected chi connectivity index (χ4v) is 3.97. The third-order valence-electron chi connectivity index (χ3n) is 4.86. The molecule has 0 radical (unpaired) electrons. The van der Waals surface area contributed by atoms with E-state index in [9.17, 15) is 19.2 Å². The maximum Gasteiger partial charge on any atom is 0.341 e. The SMILES string of the molecule is CC1CCN(C(=O)CN2C(=O)S/C(=C/c3ccccc3OCC(=O)O)C2=O)CC1. The summed E-state index contributed by atoms with van der Waals surface area (Å²) in [5, 5.41) is 8.29. The van der Waals surface area contributed by atoms with E-state index >= 15 is 0 Å². The summed E-state index contributed by atoms with van der Waals surface area (Å²) in [7, 11) is 0. The number of nitrogens with zero attached hydrogens (tertiary/aromatic N) is 2. The van der Waals surface area contributed by atoms with Gasteiger partial charge in [-0.15, -0.1) is 0 Å². The number of hydrogen-bond acceptors (Lipinski definition) is 6. The Morgan fingerprint density at radius 3 is 2.62 bits per heavy atom. The second-order valence-corrected chi connectivity index (χ2v) is 8.04. The van der Waals surface area contributed by atoms with Crippen molar-refractivity contribution in [2.75, 3.05) is 26.2 Å². The highest BCUT2D eigenvalue weighted by atomic mass is 32.2. The maximum absolute atomic E-state index is 12.7. The molecule has 1 aromatic rings. The topological polar surface area (TPSA) is 104 Å². The molecule has 0 atom stereocenters. The summed E-state index contributed by atoms with van der Waals surface area (Å²) in [5.41, 5.74) is 0.482. The van der Waals surface area contributed by atoms with Crippen molar-refractivity contribution in [2.24, 2.45) is 5.92 Å². The number of aliphatic carboxylic acids is 1. The van der Waals surface area contributed by atoms with Crippen molar-refractivity contribution in [3.8, 4) is 5.75 Å². The van der Waals surface area contributed by atoms with Crippen molar-refractivity contribution in [1.82, 2.24) is 9.80 Å². The quantitative estimate of drug-likeness (QED) is 0.708. The van der Waals surface area contributed by atoms with Crippen molar-refractivity contribution in [1.29, 1.82) is 0 Å². The van der Waals surface area contributed by atoms with Gasteiger partial charge < -0.3 is 14.7 Å². The number of carboxylic acid groups (broad SMARTS) is 1. The lowest BCUT2D eigenvalue weighted by Crippen LogP contribution is -2.45. The highest BCUT2D eigenvalue weighted by molar-refractivity contribution is 8.18. The molecule has 2 heterocycles. The number of thioether (sulfide) groups is 1. The molecular formula is C20H22N2O6S. The van der Waals surface area contributed by atoms with E-state index in [4.69, 9.17) is 9.84 Å². The number of piperidine rings is 1. The van der Waals surface area contributed by atoms with Gasteiger partial charge in [0.15, 0.2) is 6.61 Å². The van der Waals surface area contributed by atoms with E-state index in [2.05, 4.69) is 6.92 Å². The molecule has 2 aliphatic heterocycles. The number of benzene rings is 1. The Balaban J connectivity index is 1.70. The number of rotatable bonds is 6. The minimum Gasteiger partial charge on any atom is -0.481 e. The van der Waals surface area contributed by atoms with Gasteiger partial charge in [0.05, 0.1) is 4.91 Å². The van der Waals surface area contributed by atoms with Gasteiger partial charge in [-0.05, 0) is 42.7 Å². The summed E-state index contributed by atoms with van der Waals surface area (Å²) >= 11 is 0.755. The highest BCUT2D eigenvalue weighted by Crippen LogP contribution is 2.34. The Hall–Kier alpha value is -2.81. The highest BCUT2D eigenvalue weighted by Gasteiger charge is 2.37. The molecule has 2 fully saturated rings. The molecule has 0 saturated carbocycles. The van der Waals surface area contributed by atoms with Crippen LogP contribution >= 0.6 is 11.8 Å². The maximum atomic E-state index is 12.7. The smallest absolute Gasteiger partial charge is 0.341 e. The van der Waals surface area contributed by atoms with Crippen molar-refractivity contribution < 1.29 is 29.0 Å². The normalized spacial score (nSPS) is 19.1. The number of imide groups is 1. The standard InChI is InChI=1S/C20H22N2O6S/c1-13-6-8-21(9-7-13)17(23)11-22-19(26)16(29-20(22)27)10-14-4-2-3-5-15(14)28-12-18(24)25/h2-5,10,13H,6-9,11-12H2,1H3,(H,24,25)/b16-10+. The summed E-state index contributed by atoms with van der Waals surface area (Å²) in [6.07, 6.45) is 3.32. The predicted molar refractivity (Wildman–Crippen MR) is 107 cm³/mol. The first kappa shape index (κ1) is 20.9. The Labute approximate surface area is 172 Å². The van der Waals surface area contributed by atoms with Crippen LogP contribution in [0.1, 0.15) is 25.3 Å².